The van der Waals surface area contributed by atoms with Gasteiger partial charge in [0.25, 0.3) is 31.3 Å². The third-order valence-electron chi connectivity index (χ3n) is 22.9. The molecule has 0 bridgehead atoms. The lowest BCUT2D eigenvalue weighted by Gasteiger charge is -2.32. The molecule has 8 aromatic heterocycles. The van der Waals surface area contributed by atoms with Gasteiger partial charge in [0.2, 0.25) is 0 Å². The monoisotopic (exact) mass is 2010 g/mol. The predicted molar refractivity (Wildman–Crippen MR) is 469 cm³/mol. The van der Waals surface area contributed by atoms with Crippen LogP contribution in [-0.2, 0) is 115 Å². The van der Waals surface area contributed by atoms with Crippen LogP contribution in [0, 0.1) is 0 Å². The number of fused-ring (bicyclic) bond motifs is 8. The maximum atomic E-state index is 13.3. The second-order valence-electron chi connectivity index (χ2n) is 32.0. The lowest BCUT2D eigenvalue weighted by atomic mass is 10.1. The van der Waals surface area contributed by atoms with Gasteiger partial charge >= 0.3 is 24.1 Å². The summed E-state index contributed by atoms with van der Waals surface area (Å²) >= 11 is 0. The number of nitrogens with one attached hydrogen (secondary N) is 8. The van der Waals surface area contributed by atoms with Gasteiger partial charge in [-0.05, 0) is 38.8 Å². The maximum absolute atomic E-state index is 13.3. The summed E-state index contributed by atoms with van der Waals surface area (Å²) in [4.78, 5) is 154. The Hall–Kier alpha value is -11.8. The highest BCUT2D eigenvalue weighted by Gasteiger charge is 2.59. The summed E-state index contributed by atoms with van der Waals surface area (Å²) in [5.74, 6) is 0.463. The van der Waals surface area contributed by atoms with Crippen molar-refractivity contribution in [2.75, 3.05) is 73.9 Å². The first kappa shape index (κ1) is 97.0. The highest BCUT2D eigenvalue weighted by Crippen LogP contribution is 2.59. The van der Waals surface area contributed by atoms with Gasteiger partial charge in [-0.1, -0.05) is 121 Å². The minimum atomic E-state index is -5.72. The largest absolute Gasteiger partial charge is 0.756 e. The third kappa shape index (κ3) is 21.4. The van der Waals surface area contributed by atoms with Gasteiger partial charge in [-0.2, -0.15) is 0 Å². The van der Waals surface area contributed by atoms with Crippen molar-refractivity contribution in [3.63, 3.8) is 0 Å². The number of imidazole rings is 4. The topological polar surface area (TPSA) is 666 Å². The average Bonchev–Trinajstić information content (AvgIpc) is 1.62. The van der Waals surface area contributed by atoms with Gasteiger partial charge in [0, 0.05) is 50.1 Å². The fourth-order valence-corrected chi connectivity index (χ4v) is 21.0. The Balaban J connectivity index is 0.000000178. The van der Waals surface area contributed by atoms with Crippen LogP contribution >= 0.6 is 31.3 Å². The zero-order valence-electron chi connectivity index (χ0n) is 74.0. The molecule has 54 nitrogen and oxygen atoms in total. The van der Waals surface area contributed by atoms with Crippen molar-refractivity contribution in [3.8, 4) is 0 Å². The Morgan fingerprint density at radius 1 is 0.314 bits per heavy atom. The van der Waals surface area contributed by atoms with Gasteiger partial charge in [-0.15, -0.1) is 0 Å². The van der Waals surface area contributed by atoms with Crippen molar-refractivity contribution in [1.29, 1.82) is 0 Å². The maximum Gasteiger partial charge on any atom is 0.320 e. The molecule has 8 amide bonds. The molecule has 740 valence electrons. The van der Waals surface area contributed by atoms with E-state index in [-0.39, 0.29) is 67.9 Å². The number of hydrogen-bond acceptors (Lipinski definition) is 42. The molecule has 0 aliphatic carbocycles. The third-order valence-corrected chi connectivity index (χ3v) is 28.0. The van der Waals surface area contributed by atoms with Gasteiger partial charge in [0.15, 0.2) is 118 Å². The number of anilines is 4. The summed E-state index contributed by atoms with van der Waals surface area (Å²) < 4.78 is 164. The Labute approximate surface area is 791 Å². The Morgan fingerprint density at radius 2 is 0.550 bits per heavy atom. The lowest BCUT2D eigenvalue weighted by molar-refractivity contribution is -0.250. The van der Waals surface area contributed by atoms with Gasteiger partial charge in [-0.25, -0.2) is 87.6 Å². The van der Waals surface area contributed by atoms with E-state index in [2.05, 4.69) is 111 Å². The van der Waals surface area contributed by atoms with Crippen molar-refractivity contribution < 1.29 is 141 Å². The molecule has 12 aromatic rings. The van der Waals surface area contributed by atoms with E-state index in [1.54, 1.807) is 76.2 Å². The Bertz CT molecular complexity index is 6270. The predicted octanol–water partition coefficient (Wildman–Crippen LogP) is 5.13. The summed E-state index contributed by atoms with van der Waals surface area (Å²) in [7, 11) is -22.9. The summed E-state index contributed by atoms with van der Waals surface area (Å²) in [6.07, 6.45) is -8.62. The molecule has 8 fully saturated rings. The van der Waals surface area contributed by atoms with Crippen molar-refractivity contribution in [2.45, 2.75) is 164 Å². The SMILES string of the molecule is CCNC(=O)Nc1ncnc2c1ncn2[C@@H]1O[C@H](COP(=O)([O-])OP(=O)([O-])OC[C@H]2O[C@@H](n3cnc4c(NC(=O)NCC)ncnc43)[C@H]3OC(Cc4ccccc4)OC23)C2OC(Cc3ccccc3)OC21.CCNC(=O)Nc1ncnc2c1ncn2[C@@H]1O[C@H](COP(=O)([O-])OP(=O)([O-])OC[C@H]2O[C@@H](n3cnc4c(NC(=O)NCC)ncnc43)[C@H]3OC(c4ccccc4)OC23)C2OC(c3ccccc3)OC21. The number of ether oxygens (including phenoxy) is 12. The van der Waals surface area contributed by atoms with E-state index in [1.165, 1.54) is 68.9 Å². The highest BCUT2D eigenvalue weighted by molar-refractivity contribution is 7.60. The first-order valence-corrected chi connectivity index (χ1v) is 49.8. The molecule has 16 heterocycles. The minimum Gasteiger partial charge on any atom is -0.756 e. The van der Waals surface area contributed by atoms with Crippen LogP contribution < -0.4 is 62.1 Å². The van der Waals surface area contributed by atoms with Crippen LogP contribution in [0.4, 0.5) is 42.4 Å². The van der Waals surface area contributed by atoms with E-state index in [4.69, 9.17) is 74.9 Å². The molecule has 8 aliphatic heterocycles. The molecule has 24 atom stereocenters. The first-order valence-electron chi connectivity index (χ1n) is 43.9. The molecule has 14 unspecified atom stereocenters. The number of carbonyl (C=O) groups is 4. The van der Waals surface area contributed by atoms with Gasteiger partial charge < -0.3 is 116 Å². The molecule has 8 aliphatic rings. The van der Waals surface area contributed by atoms with Gasteiger partial charge in [-0.3, -0.25) is 57.8 Å². The van der Waals surface area contributed by atoms with Gasteiger partial charge in [0.1, 0.15) is 98.6 Å². The molecular weight excluding hydrogens is 1920 g/mol. The number of rotatable bonds is 34. The van der Waals surface area contributed by atoms with E-state index < -0.39 is 205 Å². The number of hydrogen-bond donors (Lipinski definition) is 8. The molecule has 8 saturated heterocycles. The fraction of sp³-hybridized carbons (Fsp3) is 0.415. The Kier molecular flexibility index (Phi) is 29.0. The summed E-state index contributed by atoms with van der Waals surface area (Å²) in [6, 6.07) is 34.6. The minimum absolute atomic E-state index is 0.113. The van der Waals surface area contributed by atoms with Crippen LogP contribution in [0.3, 0.4) is 0 Å². The number of phosphoric acid groups is 4. The summed E-state index contributed by atoms with van der Waals surface area (Å²) in [6.45, 7) is 5.34. The van der Waals surface area contributed by atoms with Crippen LogP contribution in [0.5, 0.6) is 0 Å². The van der Waals surface area contributed by atoms with Crippen LogP contribution in [0.15, 0.2) is 172 Å². The molecule has 20 rings (SSSR count). The molecule has 140 heavy (non-hydrogen) atoms. The van der Waals surface area contributed by atoms with Crippen molar-refractivity contribution in [2.24, 2.45) is 0 Å². The number of urea groups is 4. The quantitative estimate of drug-likeness (QED) is 0.0242. The average molecular weight is 2010 g/mol. The van der Waals surface area contributed by atoms with E-state index >= 15 is 0 Å². The Morgan fingerprint density at radius 3 is 0.814 bits per heavy atom. The number of carbonyl (C=O) groups excluding carboxylic acids is 4. The van der Waals surface area contributed by atoms with Crippen LogP contribution in [0.2, 0.25) is 0 Å². The number of nitrogens with zero attached hydrogens (tertiary/aromatic N) is 16. The second kappa shape index (κ2) is 41.8. The van der Waals surface area contributed by atoms with Crippen molar-refractivity contribution in [1.82, 2.24) is 99.3 Å². The van der Waals surface area contributed by atoms with Crippen molar-refractivity contribution >= 4 is 123 Å². The standard InChI is InChI=1S/C42H48N12O15P2.C40H44N12O15P2/c1-3-43-41(55)51-35-29-37(47-19-45-35)53(21-49-29)39-33-31(65-27(67-33)15-23-11-7-5-8-12-23)25(63-39)17-61-70(57,58)69-71(59,60)62-18-26-32-34(68-28(66-32)16-24-13-9-6-10-14-24)40(64-26)54-22-50-30-36(46-20-48-38(30)54)52-42(56)44-4-2;1-3-41-39(53)49-31-25-33(45-17-43-31)51(19-47-25)35-29-27(63-37(65-29)21-11-7-5-8-12-21)23(61-35)15-59-68(55,56)67-69(57,58)60-16-24-28-30(66-38(64-28)22-13-9-6-10-14-22)36(62-24)52-20-48-26-32(44-18-46-34(26)52)50-40(54)42-4-2/h5-14,19-22,25-28,31-34,39-40H,3-4,15-18H2,1-2H3,(H,57,58)(H,59,60)(H2,43,45,47,51,55)(H2,44,46,48,52,56);5-14,17-20,23-24,27-30,35-38H,3-4,15-16H2,1-2H3,(H,55,56)(H,57,58)(H2,41,43,45,49,53)(H2,42,44,46,50,54)/p-4/t25-,26-,27?,28?,31?,32?,33+,34?,39-,40-;23-,24-,27?,28?,29+,30?,35-,36-,37?,38?/m11/s1. The second-order valence-corrected chi connectivity index (χ2v) is 38.0. The molecular formula is C82H88N24O30P4-4. The zero-order valence-corrected chi connectivity index (χ0v) is 77.6. The number of phosphoric ester groups is 4. The normalized spacial score (nSPS) is 27.7. The van der Waals surface area contributed by atoms with Gasteiger partial charge in [0.05, 0.1) is 51.7 Å². The van der Waals surface area contributed by atoms with E-state index in [0.717, 1.165) is 11.1 Å². The first-order chi connectivity index (χ1) is 67.7. The molecule has 0 spiro atoms. The molecule has 8 N–H and O–H groups in total. The summed E-state index contributed by atoms with van der Waals surface area (Å²) in [5.41, 5.74) is 4.93. The highest BCUT2D eigenvalue weighted by atomic mass is 31.3. The van der Waals surface area contributed by atoms with E-state index in [1.807, 2.05) is 72.8 Å². The van der Waals surface area contributed by atoms with Crippen LogP contribution in [0.1, 0.15) is 87.4 Å². The van der Waals surface area contributed by atoms with Crippen molar-refractivity contribution in [3.05, 3.63) is 194 Å². The van der Waals surface area contributed by atoms with Crippen LogP contribution in [-0.4, -0.2) is 241 Å². The number of benzene rings is 4. The lowest BCUT2D eigenvalue weighted by Crippen LogP contribution is -2.33. The number of aromatic nitrogens is 16. The smallest absolute Gasteiger partial charge is 0.320 e. The fourth-order valence-electron chi connectivity index (χ4n) is 17.0. The van der Waals surface area contributed by atoms with Crippen LogP contribution in [0.25, 0.3) is 44.7 Å². The molecule has 58 heteroatoms. The molecule has 0 radical (unpaired) electrons. The number of amides is 8. The summed E-state index contributed by atoms with van der Waals surface area (Å²) in [5, 5.41) is 21.0. The molecule has 0 saturated carbocycles. The van der Waals surface area contributed by atoms with E-state index in [0.29, 0.717) is 50.1 Å². The van der Waals surface area contributed by atoms with E-state index in [9.17, 15) is 57.0 Å². The molecule has 4 aromatic carbocycles. The zero-order chi connectivity index (χ0) is 97.1.